The highest BCUT2D eigenvalue weighted by Gasteiger charge is 2.41. The molecule has 182 valence electrons. The van der Waals surface area contributed by atoms with Crippen LogP contribution in [0.1, 0.15) is 31.7 Å². The maximum absolute atomic E-state index is 13.9. The van der Waals surface area contributed by atoms with Gasteiger partial charge in [-0.3, -0.25) is 9.59 Å². The summed E-state index contributed by atoms with van der Waals surface area (Å²) in [6, 6.07) is 0.416. The van der Waals surface area contributed by atoms with Crippen LogP contribution in [0.4, 0.5) is 18.9 Å². The number of alkyl halides is 3. The maximum atomic E-state index is 13.9. The van der Waals surface area contributed by atoms with Crippen LogP contribution < -0.4 is 10.5 Å². The van der Waals surface area contributed by atoms with Gasteiger partial charge in [-0.25, -0.2) is 4.68 Å². The molecule has 1 aromatic rings. The van der Waals surface area contributed by atoms with Gasteiger partial charge in [0.25, 0.3) is 5.56 Å². The lowest BCUT2D eigenvalue weighted by Gasteiger charge is -2.29. The van der Waals surface area contributed by atoms with Crippen molar-refractivity contribution < 1.29 is 32.5 Å². The van der Waals surface area contributed by atoms with Crippen molar-refractivity contribution in [3.05, 3.63) is 22.1 Å². The second kappa shape index (κ2) is 10.8. The van der Waals surface area contributed by atoms with Crippen LogP contribution in [0.5, 0.6) is 0 Å². The van der Waals surface area contributed by atoms with Gasteiger partial charge in [-0.05, 0) is 25.8 Å². The second-order valence-corrected chi connectivity index (χ2v) is 14.9. The van der Waals surface area contributed by atoms with E-state index in [1.54, 1.807) is 6.92 Å². The quantitative estimate of drug-likeness (QED) is 0.384. The first-order valence-electron chi connectivity index (χ1n) is 10.6. The number of aromatic nitrogens is 2. The lowest BCUT2D eigenvalue weighted by Crippen LogP contribution is -2.40. The molecule has 8 nitrogen and oxygen atoms in total. The zero-order valence-electron chi connectivity index (χ0n) is 18.9. The summed E-state index contributed by atoms with van der Waals surface area (Å²) in [5.41, 5.74) is -2.79. The Hall–Kier alpha value is -1.92. The molecular formula is C20H32F3N3O5Si. The summed E-state index contributed by atoms with van der Waals surface area (Å²) < 4.78 is 53.3. The third-order valence-electron chi connectivity index (χ3n) is 5.24. The fourth-order valence-corrected chi connectivity index (χ4v) is 4.25. The first-order chi connectivity index (χ1) is 14.8. The van der Waals surface area contributed by atoms with Crippen LogP contribution in [0.15, 0.2) is 11.0 Å². The van der Waals surface area contributed by atoms with Crippen molar-refractivity contribution in [3.8, 4) is 0 Å². The molecule has 2 rings (SSSR count). The lowest BCUT2D eigenvalue weighted by molar-refractivity contribution is -0.140. The number of carboxylic acid groups (broad SMARTS) is 1. The average molecular weight is 480 g/mol. The molecular weight excluding hydrogens is 447 g/mol. The van der Waals surface area contributed by atoms with Crippen molar-refractivity contribution in [2.24, 2.45) is 0 Å². The minimum absolute atomic E-state index is 0.0641. The topological polar surface area (TPSA) is 93.9 Å². The number of carbonyl (C=O) groups is 1. The smallest absolute Gasteiger partial charge is 0.423 e. The van der Waals surface area contributed by atoms with E-state index in [9.17, 15) is 22.8 Å². The molecule has 12 heteroatoms. The molecule has 1 N–H and O–H groups in total. The van der Waals surface area contributed by atoms with Crippen molar-refractivity contribution in [1.82, 2.24) is 9.78 Å². The van der Waals surface area contributed by atoms with Crippen molar-refractivity contribution in [2.75, 3.05) is 24.7 Å². The molecule has 2 atom stereocenters. The summed E-state index contributed by atoms with van der Waals surface area (Å²) in [7, 11) is -1.37. The third-order valence-corrected chi connectivity index (χ3v) is 6.94. The van der Waals surface area contributed by atoms with E-state index in [-0.39, 0.29) is 25.4 Å². The van der Waals surface area contributed by atoms with Crippen LogP contribution in [0.25, 0.3) is 0 Å². The molecule has 1 aliphatic heterocycles. The number of rotatable bonds is 11. The molecule has 32 heavy (non-hydrogen) atoms. The number of anilines is 1. The second-order valence-electron chi connectivity index (χ2n) is 9.29. The van der Waals surface area contributed by atoms with Gasteiger partial charge in [0.15, 0.2) is 0 Å². The van der Waals surface area contributed by atoms with Crippen LogP contribution in [-0.2, 0) is 27.2 Å². The van der Waals surface area contributed by atoms with Crippen molar-refractivity contribution in [1.29, 1.82) is 0 Å². The van der Waals surface area contributed by atoms with Crippen molar-refractivity contribution >= 4 is 19.7 Å². The van der Waals surface area contributed by atoms with Gasteiger partial charge < -0.3 is 19.5 Å². The molecule has 1 aromatic heterocycles. The highest BCUT2D eigenvalue weighted by Crippen LogP contribution is 2.36. The van der Waals surface area contributed by atoms with Gasteiger partial charge in [0.05, 0.1) is 37.1 Å². The minimum Gasteiger partial charge on any atom is -0.481 e. The molecule has 0 aromatic carbocycles. The normalized spacial score (nSPS) is 18.2. The average Bonchev–Trinajstić information content (AvgIpc) is 3.10. The van der Waals surface area contributed by atoms with Gasteiger partial charge in [0, 0.05) is 21.2 Å². The zero-order valence-corrected chi connectivity index (χ0v) is 19.9. The van der Waals surface area contributed by atoms with Crippen LogP contribution in [0, 0.1) is 0 Å². The van der Waals surface area contributed by atoms with Crippen molar-refractivity contribution in [3.63, 3.8) is 0 Å². The summed E-state index contributed by atoms with van der Waals surface area (Å²) in [6.45, 7) is 8.44. The van der Waals surface area contributed by atoms with E-state index in [0.29, 0.717) is 30.7 Å². The summed E-state index contributed by atoms with van der Waals surface area (Å²) in [5.74, 6) is -1.01. The van der Waals surface area contributed by atoms with E-state index in [4.69, 9.17) is 14.6 Å². The van der Waals surface area contributed by atoms with Gasteiger partial charge in [0.2, 0.25) is 0 Å². The van der Waals surface area contributed by atoms with E-state index < -0.39 is 43.5 Å². The monoisotopic (exact) mass is 479 g/mol. The fourth-order valence-electron chi connectivity index (χ4n) is 3.49. The molecule has 2 heterocycles. The van der Waals surface area contributed by atoms with E-state index in [1.807, 2.05) is 0 Å². The lowest BCUT2D eigenvalue weighted by atomic mass is 10.2. The van der Waals surface area contributed by atoms with Crippen LogP contribution in [0.2, 0.25) is 25.7 Å². The van der Waals surface area contributed by atoms with Gasteiger partial charge in [-0.15, -0.1) is 0 Å². The Morgan fingerprint density at radius 3 is 2.66 bits per heavy atom. The molecule has 1 saturated heterocycles. The van der Waals surface area contributed by atoms with Gasteiger partial charge >= 0.3 is 12.1 Å². The molecule has 1 fully saturated rings. The fraction of sp³-hybridized carbons (Fsp3) is 0.750. The van der Waals surface area contributed by atoms with Gasteiger partial charge in [0.1, 0.15) is 12.3 Å². The van der Waals surface area contributed by atoms with E-state index in [0.717, 1.165) is 12.2 Å². The van der Waals surface area contributed by atoms with Gasteiger partial charge in [-0.2, -0.15) is 18.3 Å². The molecule has 0 aliphatic carbocycles. The Kier molecular flexibility index (Phi) is 8.88. The number of carboxylic acids is 1. The molecule has 0 amide bonds. The predicted octanol–water partition coefficient (Wildman–Crippen LogP) is 3.42. The van der Waals surface area contributed by atoms with Crippen LogP contribution >= 0.6 is 0 Å². The highest BCUT2D eigenvalue weighted by atomic mass is 28.3. The van der Waals surface area contributed by atoms with Crippen LogP contribution in [0.3, 0.4) is 0 Å². The first-order valence-corrected chi connectivity index (χ1v) is 14.4. The largest absolute Gasteiger partial charge is 0.481 e. The zero-order chi connectivity index (χ0) is 24.1. The molecule has 1 aliphatic rings. The van der Waals surface area contributed by atoms with Crippen molar-refractivity contribution in [2.45, 2.75) is 76.9 Å². The summed E-state index contributed by atoms with van der Waals surface area (Å²) >= 11 is 0. The summed E-state index contributed by atoms with van der Waals surface area (Å²) in [4.78, 5) is 24.9. The van der Waals surface area contributed by atoms with Crippen LogP contribution in [-0.4, -0.2) is 60.8 Å². The molecule has 0 saturated carbocycles. The number of nitrogens with zero attached hydrogens (tertiary/aromatic N) is 3. The Bertz CT molecular complexity index is 841. The Balaban J connectivity index is 2.20. The van der Waals surface area contributed by atoms with E-state index in [1.165, 1.54) is 4.90 Å². The number of aliphatic carboxylic acids is 1. The summed E-state index contributed by atoms with van der Waals surface area (Å²) in [5, 5.41) is 12.8. The molecule has 1 unspecified atom stereocenters. The predicted molar refractivity (Wildman–Crippen MR) is 116 cm³/mol. The molecule has 0 radical (unpaired) electrons. The third kappa shape index (κ3) is 7.59. The number of hydrogen-bond donors (Lipinski definition) is 1. The molecule has 0 spiro atoms. The Morgan fingerprint density at radius 1 is 1.38 bits per heavy atom. The van der Waals surface area contributed by atoms with E-state index >= 15 is 0 Å². The Morgan fingerprint density at radius 2 is 2.06 bits per heavy atom. The maximum Gasteiger partial charge on any atom is 0.423 e. The highest BCUT2D eigenvalue weighted by molar-refractivity contribution is 6.76. The Labute approximate surface area is 186 Å². The summed E-state index contributed by atoms with van der Waals surface area (Å²) in [6.07, 6.45) is -3.38. The number of ether oxygens (including phenoxy) is 2. The first kappa shape index (κ1) is 26.3. The van der Waals surface area contributed by atoms with Gasteiger partial charge in [-0.1, -0.05) is 19.6 Å². The number of halogens is 3. The minimum atomic E-state index is -4.86. The number of hydrogen-bond acceptors (Lipinski definition) is 6. The molecule has 0 bridgehead atoms. The van der Waals surface area contributed by atoms with E-state index in [2.05, 4.69) is 24.7 Å². The standard InChI is InChI=1S/C20H32F3N3O5Si/c1-14(10-17(27)28)31-12-15-6-5-7-25(15)16-11-24-26(13-30-8-9-32(2,3)4)19(29)18(16)20(21,22)23/h11,14-15H,5-10,12-13H2,1-4H3,(H,27,28)/t14?,15-/m0/s1. The SMILES string of the molecule is CC(CC(=O)O)OC[C@@H]1CCCN1c1cnn(COCC[Si](C)(C)C)c(=O)c1C(F)(F)F.